The van der Waals surface area contributed by atoms with E-state index in [4.69, 9.17) is 9.47 Å². The van der Waals surface area contributed by atoms with Gasteiger partial charge in [0, 0.05) is 5.69 Å². The van der Waals surface area contributed by atoms with Crippen molar-refractivity contribution in [3.63, 3.8) is 0 Å². The molecule has 0 saturated carbocycles. The second-order valence-corrected chi connectivity index (χ2v) is 5.19. The molecule has 23 heavy (non-hydrogen) atoms. The van der Waals surface area contributed by atoms with E-state index in [1.807, 2.05) is 12.1 Å². The minimum atomic E-state index is -0.731. The number of nitrogens with one attached hydrogen (secondary N) is 3. The molecule has 3 N–H and O–H groups in total. The molecule has 1 unspecified atom stereocenters. The Morgan fingerprint density at radius 3 is 2.74 bits per heavy atom. The van der Waals surface area contributed by atoms with E-state index in [0.29, 0.717) is 28.2 Å². The molecule has 1 atom stereocenters. The van der Waals surface area contributed by atoms with Crippen molar-refractivity contribution in [2.45, 2.75) is 6.10 Å². The van der Waals surface area contributed by atoms with Gasteiger partial charge in [0.1, 0.15) is 6.61 Å². The zero-order chi connectivity index (χ0) is 15.8. The summed E-state index contributed by atoms with van der Waals surface area (Å²) in [5.74, 6) is 0.865. The van der Waals surface area contributed by atoms with Gasteiger partial charge in [0.15, 0.2) is 11.5 Å². The van der Waals surface area contributed by atoms with Crippen molar-refractivity contribution in [3.8, 4) is 11.5 Å². The molecule has 2 heterocycles. The average molecular weight is 311 g/mol. The lowest BCUT2D eigenvalue weighted by molar-refractivity contribution is -0.125. The molecule has 0 spiro atoms. The van der Waals surface area contributed by atoms with E-state index in [1.54, 1.807) is 30.3 Å². The lowest BCUT2D eigenvalue weighted by atomic mass is 10.2. The maximum Gasteiger partial charge on any atom is 0.323 e. The van der Waals surface area contributed by atoms with E-state index >= 15 is 0 Å². The van der Waals surface area contributed by atoms with Crippen molar-refractivity contribution in [2.75, 3.05) is 11.9 Å². The van der Waals surface area contributed by atoms with Crippen LogP contribution in [0.1, 0.15) is 0 Å². The molecule has 116 valence electrons. The molecule has 1 aliphatic heterocycles. The fraction of sp³-hybridized carbons (Fsp3) is 0.125. The molecule has 0 radical (unpaired) electrons. The van der Waals surface area contributed by atoms with Gasteiger partial charge in [-0.3, -0.25) is 4.79 Å². The molecule has 1 aliphatic rings. The van der Waals surface area contributed by atoms with Crippen LogP contribution in [0.3, 0.4) is 0 Å². The Balaban J connectivity index is 1.52. The number of para-hydroxylation sites is 2. The van der Waals surface area contributed by atoms with Crippen LogP contribution in [0, 0.1) is 0 Å². The number of carbonyl (C=O) groups is 1. The Kier molecular flexibility index (Phi) is 3.04. The molecule has 0 saturated heterocycles. The largest absolute Gasteiger partial charge is 0.485 e. The van der Waals surface area contributed by atoms with Gasteiger partial charge in [0.05, 0.1) is 11.0 Å². The van der Waals surface area contributed by atoms with Crippen LogP contribution in [0.15, 0.2) is 47.3 Å². The highest BCUT2D eigenvalue weighted by atomic mass is 16.6. The number of hydrogen-bond donors (Lipinski definition) is 3. The van der Waals surface area contributed by atoms with Gasteiger partial charge in [-0.1, -0.05) is 12.1 Å². The first-order valence-electron chi connectivity index (χ1n) is 7.10. The Hall–Kier alpha value is -3.22. The summed E-state index contributed by atoms with van der Waals surface area (Å²) in [4.78, 5) is 28.9. The van der Waals surface area contributed by atoms with Crippen molar-refractivity contribution >= 4 is 22.6 Å². The van der Waals surface area contributed by atoms with Gasteiger partial charge in [-0.2, -0.15) is 0 Å². The molecule has 0 bridgehead atoms. The van der Waals surface area contributed by atoms with E-state index < -0.39 is 6.10 Å². The number of imidazole rings is 1. The number of aromatic nitrogens is 2. The Bertz CT molecular complexity index is 944. The second kappa shape index (κ2) is 5.20. The topological polar surface area (TPSA) is 96.2 Å². The Morgan fingerprint density at radius 1 is 1.09 bits per heavy atom. The predicted molar refractivity (Wildman–Crippen MR) is 83.9 cm³/mol. The summed E-state index contributed by atoms with van der Waals surface area (Å²) in [6.45, 7) is 0.145. The Labute approximate surface area is 130 Å². The highest BCUT2D eigenvalue weighted by molar-refractivity contribution is 5.96. The van der Waals surface area contributed by atoms with E-state index in [-0.39, 0.29) is 18.2 Å². The lowest BCUT2D eigenvalue weighted by Gasteiger charge is -2.25. The van der Waals surface area contributed by atoms with Crippen LogP contribution in [-0.4, -0.2) is 28.6 Å². The number of rotatable bonds is 2. The summed E-state index contributed by atoms with van der Waals surface area (Å²) >= 11 is 0. The summed E-state index contributed by atoms with van der Waals surface area (Å²) in [7, 11) is 0. The molecule has 3 aromatic rings. The second-order valence-electron chi connectivity index (χ2n) is 5.19. The number of ether oxygens (including phenoxy) is 2. The van der Waals surface area contributed by atoms with Gasteiger partial charge in [-0.25, -0.2) is 4.79 Å². The van der Waals surface area contributed by atoms with Crippen LogP contribution in [0.25, 0.3) is 11.0 Å². The molecule has 0 aliphatic carbocycles. The summed E-state index contributed by atoms with van der Waals surface area (Å²) in [6.07, 6.45) is -0.731. The fourth-order valence-corrected chi connectivity index (χ4v) is 2.48. The highest BCUT2D eigenvalue weighted by Crippen LogP contribution is 2.31. The third-order valence-electron chi connectivity index (χ3n) is 3.58. The van der Waals surface area contributed by atoms with Gasteiger partial charge in [0.2, 0.25) is 6.10 Å². The monoisotopic (exact) mass is 311 g/mol. The summed E-state index contributed by atoms with van der Waals surface area (Å²) in [6, 6.07) is 12.3. The van der Waals surface area contributed by atoms with Gasteiger partial charge >= 0.3 is 5.69 Å². The van der Waals surface area contributed by atoms with Crippen molar-refractivity contribution in [1.82, 2.24) is 9.97 Å². The van der Waals surface area contributed by atoms with E-state index in [2.05, 4.69) is 15.3 Å². The minimum absolute atomic E-state index is 0.145. The summed E-state index contributed by atoms with van der Waals surface area (Å²) < 4.78 is 11.2. The third kappa shape index (κ3) is 2.52. The predicted octanol–water partition coefficient (Wildman–Crippen LogP) is 1.63. The zero-order valence-corrected chi connectivity index (χ0v) is 12.0. The summed E-state index contributed by atoms with van der Waals surface area (Å²) in [5.41, 5.74) is 1.59. The van der Waals surface area contributed by atoms with E-state index in [9.17, 15) is 9.59 Å². The number of aromatic amines is 2. The average Bonchev–Trinajstić information content (AvgIpc) is 2.93. The van der Waals surface area contributed by atoms with Crippen molar-refractivity contribution < 1.29 is 14.3 Å². The molecule has 7 nitrogen and oxygen atoms in total. The van der Waals surface area contributed by atoms with Crippen molar-refractivity contribution in [3.05, 3.63) is 52.9 Å². The molecular formula is C16H13N3O4. The lowest BCUT2D eigenvalue weighted by Crippen LogP contribution is -2.40. The van der Waals surface area contributed by atoms with Crippen LogP contribution in [0.5, 0.6) is 11.5 Å². The number of benzene rings is 2. The molecule has 7 heteroatoms. The normalized spacial score (nSPS) is 16.3. The van der Waals surface area contributed by atoms with Gasteiger partial charge < -0.3 is 24.8 Å². The van der Waals surface area contributed by atoms with Gasteiger partial charge in [-0.05, 0) is 30.3 Å². The first-order chi connectivity index (χ1) is 11.2. The zero-order valence-electron chi connectivity index (χ0n) is 12.0. The van der Waals surface area contributed by atoms with E-state index in [1.165, 1.54) is 0 Å². The number of carbonyl (C=O) groups excluding carboxylic acids is 1. The van der Waals surface area contributed by atoms with Crippen LogP contribution < -0.4 is 20.5 Å². The van der Waals surface area contributed by atoms with Crippen LogP contribution in [0.2, 0.25) is 0 Å². The van der Waals surface area contributed by atoms with Crippen LogP contribution >= 0.6 is 0 Å². The molecular weight excluding hydrogens is 298 g/mol. The minimum Gasteiger partial charge on any atom is -0.485 e. The molecule has 2 aromatic carbocycles. The fourth-order valence-electron chi connectivity index (χ4n) is 2.48. The van der Waals surface area contributed by atoms with Crippen molar-refractivity contribution in [2.24, 2.45) is 0 Å². The van der Waals surface area contributed by atoms with Crippen LogP contribution in [-0.2, 0) is 4.79 Å². The van der Waals surface area contributed by atoms with E-state index in [0.717, 1.165) is 0 Å². The van der Waals surface area contributed by atoms with Crippen molar-refractivity contribution in [1.29, 1.82) is 0 Å². The maximum absolute atomic E-state index is 12.3. The highest BCUT2D eigenvalue weighted by Gasteiger charge is 2.27. The number of H-pyrrole nitrogens is 2. The smallest absolute Gasteiger partial charge is 0.323 e. The number of amides is 1. The third-order valence-corrected chi connectivity index (χ3v) is 3.58. The van der Waals surface area contributed by atoms with Gasteiger partial charge in [-0.15, -0.1) is 0 Å². The first-order valence-corrected chi connectivity index (χ1v) is 7.10. The molecule has 4 rings (SSSR count). The molecule has 1 aromatic heterocycles. The molecule has 0 fully saturated rings. The standard InChI is InChI=1S/C16H13N3O4/c20-15(14-8-22-12-3-1-2-4-13(12)23-14)17-9-5-6-10-11(7-9)19-16(21)18-10/h1-7,14H,8H2,(H,17,20)(H2,18,19,21). The van der Waals surface area contributed by atoms with Gasteiger partial charge in [0.25, 0.3) is 5.91 Å². The SMILES string of the molecule is O=C(Nc1ccc2[nH]c(=O)[nH]c2c1)C1COc2ccccc2O1. The Morgan fingerprint density at radius 2 is 1.87 bits per heavy atom. The number of anilines is 1. The maximum atomic E-state index is 12.3. The summed E-state index contributed by atoms with van der Waals surface area (Å²) in [5, 5.41) is 2.76. The first kappa shape index (κ1) is 13.4. The quantitative estimate of drug-likeness (QED) is 0.670. The molecule has 1 amide bonds. The number of hydrogen-bond acceptors (Lipinski definition) is 4. The van der Waals surface area contributed by atoms with Crippen LogP contribution in [0.4, 0.5) is 5.69 Å². The number of fused-ring (bicyclic) bond motifs is 2.